The smallest absolute Gasteiger partial charge is 0.261 e. The Labute approximate surface area is 157 Å². The molecular formula is C21H24BrNO2. The van der Waals surface area contributed by atoms with Crippen LogP contribution in [-0.2, 0) is 17.6 Å². The highest BCUT2D eigenvalue weighted by molar-refractivity contribution is 9.10. The zero-order valence-corrected chi connectivity index (χ0v) is 16.3. The monoisotopic (exact) mass is 401 g/mol. The third-order valence-corrected chi connectivity index (χ3v) is 5.26. The van der Waals surface area contributed by atoms with Crippen LogP contribution in [0, 0.1) is 0 Å². The number of amides is 1. The van der Waals surface area contributed by atoms with Crippen LogP contribution >= 0.6 is 15.9 Å². The van der Waals surface area contributed by atoms with Crippen molar-refractivity contribution in [3.63, 3.8) is 0 Å². The number of ether oxygens (including phenoxy) is 1. The second-order valence-electron chi connectivity index (χ2n) is 6.68. The molecular weight excluding hydrogens is 378 g/mol. The molecule has 0 saturated heterocycles. The van der Waals surface area contributed by atoms with E-state index in [1.165, 1.54) is 30.4 Å². The first-order valence-electron chi connectivity index (χ1n) is 8.87. The van der Waals surface area contributed by atoms with Crippen LogP contribution in [0.25, 0.3) is 0 Å². The highest BCUT2D eigenvalue weighted by Crippen LogP contribution is 2.25. The summed E-state index contributed by atoms with van der Waals surface area (Å²) in [7, 11) is 0. The van der Waals surface area contributed by atoms with Crippen molar-refractivity contribution in [1.29, 1.82) is 0 Å². The van der Waals surface area contributed by atoms with Crippen molar-refractivity contribution in [3.8, 4) is 5.75 Å². The molecule has 0 saturated carbocycles. The zero-order chi connectivity index (χ0) is 17.8. The summed E-state index contributed by atoms with van der Waals surface area (Å²) in [5.41, 5.74) is 4.05. The summed E-state index contributed by atoms with van der Waals surface area (Å²) in [6.07, 6.45) is 4.32. The lowest BCUT2D eigenvalue weighted by molar-refractivity contribution is -0.127. The van der Waals surface area contributed by atoms with Crippen molar-refractivity contribution in [2.45, 2.75) is 51.7 Å². The summed E-state index contributed by atoms with van der Waals surface area (Å²) in [5, 5.41) is 3.06. The number of nitrogens with one attached hydrogen (secondary N) is 1. The van der Waals surface area contributed by atoms with E-state index in [1.807, 2.05) is 31.2 Å². The summed E-state index contributed by atoms with van der Waals surface area (Å²) >= 11 is 3.39. The zero-order valence-electron chi connectivity index (χ0n) is 14.7. The lowest BCUT2D eigenvalue weighted by Gasteiger charge is -2.21. The van der Waals surface area contributed by atoms with E-state index in [0.29, 0.717) is 5.75 Å². The summed E-state index contributed by atoms with van der Waals surface area (Å²) in [5.74, 6) is 0.584. The Morgan fingerprint density at radius 1 is 1.04 bits per heavy atom. The molecule has 2 atom stereocenters. The Kier molecular flexibility index (Phi) is 5.79. The predicted octanol–water partition coefficient (Wildman–Crippen LogP) is 4.97. The van der Waals surface area contributed by atoms with Gasteiger partial charge in [-0.25, -0.2) is 0 Å². The van der Waals surface area contributed by atoms with Gasteiger partial charge >= 0.3 is 0 Å². The van der Waals surface area contributed by atoms with Gasteiger partial charge in [0.25, 0.3) is 5.91 Å². The number of carbonyl (C=O) groups is 1. The van der Waals surface area contributed by atoms with E-state index in [0.717, 1.165) is 16.5 Å². The summed E-state index contributed by atoms with van der Waals surface area (Å²) in [6, 6.07) is 14.1. The fourth-order valence-electron chi connectivity index (χ4n) is 3.21. The number of hydrogen-bond acceptors (Lipinski definition) is 2. The van der Waals surface area contributed by atoms with E-state index in [9.17, 15) is 4.79 Å². The molecule has 0 spiro atoms. The van der Waals surface area contributed by atoms with Gasteiger partial charge in [0.2, 0.25) is 0 Å². The van der Waals surface area contributed by atoms with Crippen LogP contribution in [-0.4, -0.2) is 12.0 Å². The molecule has 0 fully saturated rings. The molecule has 1 amide bonds. The number of halogens is 1. The molecule has 0 heterocycles. The molecule has 3 rings (SSSR count). The maximum atomic E-state index is 12.4. The fraction of sp³-hybridized carbons (Fsp3) is 0.381. The molecule has 25 heavy (non-hydrogen) atoms. The highest BCUT2D eigenvalue weighted by atomic mass is 79.9. The number of rotatable bonds is 5. The summed E-state index contributed by atoms with van der Waals surface area (Å²) in [6.45, 7) is 3.80. The Bertz CT molecular complexity index is 742. The van der Waals surface area contributed by atoms with Crippen LogP contribution in [0.3, 0.4) is 0 Å². The minimum absolute atomic E-state index is 0.0318. The molecule has 0 unspecified atom stereocenters. The third-order valence-electron chi connectivity index (χ3n) is 4.73. The van der Waals surface area contributed by atoms with E-state index in [-0.39, 0.29) is 11.9 Å². The van der Waals surface area contributed by atoms with Gasteiger partial charge in [0.15, 0.2) is 6.10 Å². The second-order valence-corrected chi connectivity index (χ2v) is 7.60. The number of hydrogen-bond donors (Lipinski definition) is 1. The van der Waals surface area contributed by atoms with Crippen molar-refractivity contribution >= 4 is 21.8 Å². The molecule has 132 valence electrons. The normalized spacial score (nSPS) is 15.8. The molecule has 0 aromatic heterocycles. The third kappa shape index (κ3) is 4.63. The van der Waals surface area contributed by atoms with Crippen molar-refractivity contribution in [3.05, 3.63) is 63.6 Å². The van der Waals surface area contributed by atoms with Crippen molar-refractivity contribution in [2.24, 2.45) is 0 Å². The first-order valence-corrected chi connectivity index (χ1v) is 9.66. The quantitative estimate of drug-likeness (QED) is 0.767. The maximum absolute atomic E-state index is 12.4. The number of fused-ring (bicyclic) bond motifs is 1. The molecule has 2 aromatic carbocycles. The molecule has 0 aliphatic heterocycles. The molecule has 4 heteroatoms. The van der Waals surface area contributed by atoms with Gasteiger partial charge in [-0.1, -0.05) is 34.1 Å². The Hall–Kier alpha value is -1.81. The Balaban J connectivity index is 1.60. The van der Waals surface area contributed by atoms with Crippen LogP contribution in [0.4, 0.5) is 0 Å². The lowest BCUT2D eigenvalue weighted by Crippen LogP contribution is -2.37. The number of carbonyl (C=O) groups excluding carboxylic acids is 1. The highest BCUT2D eigenvalue weighted by Gasteiger charge is 2.19. The topological polar surface area (TPSA) is 38.3 Å². The van der Waals surface area contributed by atoms with Gasteiger partial charge in [0.1, 0.15) is 5.75 Å². The molecule has 1 aliphatic rings. The number of benzene rings is 2. The van der Waals surface area contributed by atoms with Crippen molar-refractivity contribution in [2.75, 3.05) is 0 Å². The van der Waals surface area contributed by atoms with Crippen LogP contribution in [0.5, 0.6) is 5.75 Å². The van der Waals surface area contributed by atoms with E-state index in [2.05, 4.69) is 39.4 Å². The van der Waals surface area contributed by atoms with Crippen LogP contribution in [0.15, 0.2) is 46.9 Å². The van der Waals surface area contributed by atoms with Crippen LogP contribution in [0.1, 0.15) is 49.4 Å². The Morgan fingerprint density at radius 3 is 2.44 bits per heavy atom. The van der Waals surface area contributed by atoms with E-state index < -0.39 is 6.10 Å². The van der Waals surface area contributed by atoms with Gasteiger partial charge in [-0.15, -0.1) is 0 Å². The van der Waals surface area contributed by atoms with Gasteiger partial charge in [-0.05, 0) is 80.5 Å². The Morgan fingerprint density at radius 2 is 1.72 bits per heavy atom. The van der Waals surface area contributed by atoms with Gasteiger partial charge in [-0.3, -0.25) is 4.79 Å². The SMILES string of the molecule is C[C@H](NC(=O)[C@@H](C)Oc1ccc(Br)cc1)c1ccc2c(c1)CCCC2. The average Bonchev–Trinajstić information content (AvgIpc) is 2.63. The van der Waals surface area contributed by atoms with Gasteiger partial charge in [0, 0.05) is 4.47 Å². The number of aryl methyl sites for hydroxylation is 2. The predicted molar refractivity (Wildman–Crippen MR) is 104 cm³/mol. The molecule has 2 aromatic rings. The molecule has 3 nitrogen and oxygen atoms in total. The molecule has 0 bridgehead atoms. The minimum Gasteiger partial charge on any atom is -0.481 e. The maximum Gasteiger partial charge on any atom is 0.261 e. The summed E-state index contributed by atoms with van der Waals surface area (Å²) in [4.78, 5) is 12.4. The lowest BCUT2D eigenvalue weighted by atomic mass is 9.89. The summed E-state index contributed by atoms with van der Waals surface area (Å²) < 4.78 is 6.71. The largest absolute Gasteiger partial charge is 0.481 e. The van der Waals surface area contributed by atoms with Gasteiger partial charge in [0.05, 0.1) is 6.04 Å². The van der Waals surface area contributed by atoms with E-state index in [4.69, 9.17) is 4.74 Å². The molecule has 0 radical (unpaired) electrons. The average molecular weight is 402 g/mol. The molecule has 1 aliphatic carbocycles. The van der Waals surface area contributed by atoms with E-state index in [1.54, 1.807) is 6.92 Å². The second kappa shape index (κ2) is 8.05. The fourth-order valence-corrected chi connectivity index (χ4v) is 3.47. The van der Waals surface area contributed by atoms with Crippen LogP contribution in [0.2, 0.25) is 0 Å². The minimum atomic E-state index is -0.541. The van der Waals surface area contributed by atoms with Gasteiger partial charge in [-0.2, -0.15) is 0 Å². The first kappa shape index (κ1) is 18.0. The molecule has 1 N–H and O–H groups in total. The van der Waals surface area contributed by atoms with Crippen molar-refractivity contribution in [1.82, 2.24) is 5.32 Å². The van der Waals surface area contributed by atoms with Gasteiger partial charge < -0.3 is 10.1 Å². The first-order chi connectivity index (χ1) is 12.0. The van der Waals surface area contributed by atoms with E-state index >= 15 is 0 Å². The van der Waals surface area contributed by atoms with Crippen LogP contribution < -0.4 is 10.1 Å². The standard InChI is InChI=1S/C21H24BrNO2/c1-14(17-8-7-16-5-3-4-6-18(16)13-17)23-21(24)15(2)25-20-11-9-19(22)10-12-20/h7-15H,3-6H2,1-2H3,(H,23,24)/t14-,15+/m0/s1. The van der Waals surface area contributed by atoms with Crippen molar-refractivity contribution < 1.29 is 9.53 Å².